The molecule has 0 heterocycles. The fraction of sp³-hybridized carbons (Fsp3) is 0.0667. The molecule has 0 aliphatic heterocycles. The summed E-state index contributed by atoms with van der Waals surface area (Å²) in [6.07, 6.45) is 0. The van der Waals surface area contributed by atoms with E-state index >= 15 is 0 Å². The number of rotatable bonds is 4. The standard InChI is InChI=1S/C15H10ClNO3/c16-14-7-12(6-5-10(14)8-17)20-9-11-3-1-2-4-13(11)15(18)19/h1-7H,9H2,(H,18,19). The molecule has 0 unspecified atom stereocenters. The molecule has 4 nitrogen and oxygen atoms in total. The second-order valence-electron chi connectivity index (χ2n) is 4.00. The van der Waals surface area contributed by atoms with Crippen molar-refractivity contribution in [1.29, 1.82) is 5.26 Å². The van der Waals surface area contributed by atoms with Gasteiger partial charge in [-0.05, 0) is 18.2 Å². The summed E-state index contributed by atoms with van der Waals surface area (Å²) in [6, 6.07) is 13.3. The van der Waals surface area contributed by atoms with E-state index in [4.69, 9.17) is 26.7 Å². The third-order valence-corrected chi connectivity index (χ3v) is 3.02. The number of carbonyl (C=O) groups is 1. The monoisotopic (exact) mass is 287 g/mol. The highest BCUT2D eigenvalue weighted by Crippen LogP contribution is 2.23. The maximum absolute atomic E-state index is 11.1. The van der Waals surface area contributed by atoms with Gasteiger partial charge in [0, 0.05) is 11.6 Å². The molecule has 0 aromatic heterocycles. The maximum Gasteiger partial charge on any atom is 0.336 e. The van der Waals surface area contributed by atoms with Gasteiger partial charge in [0.2, 0.25) is 0 Å². The topological polar surface area (TPSA) is 70.3 Å². The number of ether oxygens (including phenoxy) is 1. The van der Waals surface area contributed by atoms with Crippen LogP contribution in [0.2, 0.25) is 5.02 Å². The zero-order chi connectivity index (χ0) is 14.5. The number of nitriles is 1. The van der Waals surface area contributed by atoms with Crippen molar-refractivity contribution in [2.75, 3.05) is 0 Å². The lowest BCUT2D eigenvalue weighted by Crippen LogP contribution is -2.05. The van der Waals surface area contributed by atoms with Crippen LogP contribution < -0.4 is 4.74 Å². The van der Waals surface area contributed by atoms with Crippen molar-refractivity contribution < 1.29 is 14.6 Å². The molecule has 20 heavy (non-hydrogen) atoms. The van der Waals surface area contributed by atoms with Gasteiger partial charge in [-0.3, -0.25) is 0 Å². The highest BCUT2D eigenvalue weighted by molar-refractivity contribution is 6.31. The number of benzene rings is 2. The minimum Gasteiger partial charge on any atom is -0.489 e. The van der Waals surface area contributed by atoms with Gasteiger partial charge in [0.25, 0.3) is 0 Å². The summed E-state index contributed by atoms with van der Waals surface area (Å²) >= 11 is 5.90. The molecule has 0 spiro atoms. The van der Waals surface area contributed by atoms with E-state index in [2.05, 4.69) is 0 Å². The number of halogens is 1. The molecule has 2 aromatic carbocycles. The Labute approximate surface area is 120 Å². The summed E-state index contributed by atoms with van der Waals surface area (Å²) in [7, 11) is 0. The molecule has 0 saturated heterocycles. The van der Waals surface area contributed by atoms with Crippen LogP contribution >= 0.6 is 11.6 Å². The predicted molar refractivity (Wildman–Crippen MR) is 73.9 cm³/mol. The first-order valence-electron chi connectivity index (χ1n) is 5.75. The van der Waals surface area contributed by atoms with E-state index in [0.29, 0.717) is 21.9 Å². The molecular weight excluding hydrogens is 278 g/mol. The Morgan fingerprint density at radius 1 is 1.30 bits per heavy atom. The fourth-order valence-corrected chi connectivity index (χ4v) is 1.90. The zero-order valence-corrected chi connectivity index (χ0v) is 11.1. The quantitative estimate of drug-likeness (QED) is 0.934. The first-order valence-corrected chi connectivity index (χ1v) is 6.13. The summed E-state index contributed by atoms with van der Waals surface area (Å²) in [6.45, 7) is 0.116. The molecule has 0 bridgehead atoms. The molecule has 0 saturated carbocycles. The normalized spacial score (nSPS) is 9.80. The number of nitrogens with zero attached hydrogens (tertiary/aromatic N) is 1. The van der Waals surface area contributed by atoms with Crippen LogP contribution in [0, 0.1) is 11.3 Å². The van der Waals surface area contributed by atoms with Crippen molar-refractivity contribution in [2.24, 2.45) is 0 Å². The van der Waals surface area contributed by atoms with Gasteiger partial charge in [-0.15, -0.1) is 0 Å². The summed E-state index contributed by atoms with van der Waals surface area (Å²) < 4.78 is 5.51. The van der Waals surface area contributed by atoms with Gasteiger partial charge in [0.05, 0.1) is 16.1 Å². The Balaban J connectivity index is 2.15. The van der Waals surface area contributed by atoms with Crippen LogP contribution in [0.5, 0.6) is 5.75 Å². The number of carboxylic acid groups (broad SMARTS) is 1. The molecule has 0 aliphatic carbocycles. The molecule has 0 amide bonds. The second kappa shape index (κ2) is 6.09. The third kappa shape index (κ3) is 3.08. The van der Waals surface area contributed by atoms with Crippen LogP contribution in [-0.4, -0.2) is 11.1 Å². The van der Waals surface area contributed by atoms with Crippen LogP contribution in [0.4, 0.5) is 0 Å². The molecule has 0 atom stereocenters. The van der Waals surface area contributed by atoms with Gasteiger partial charge in [-0.2, -0.15) is 5.26 Å². The molecule has 2 rings (SSSR count). The number of hydrogen-bond acceptors (Lipinski definition) is 3. The molecule has 2 aromatic rings. The Morgan fingerprint density at radius 3 is 2.70 bits per heavy atom. The fourth-order valence-electron chi connectivity index (χ4n) is 1.69. The molecule has 100 valence electrons. The molecule has 0 aliphatic rings. The Kier molecular flexibility index (Phi) is 4.24. The largest absolute Gasteiger partial charge is 0.489 e. The van der Waals surface area contributed by atoms with Crippen LogP contribution in [0.3, 0.4) is 0 Å². The van der Waals surface area contributed by atoms with Gasteiger partial charge in [-0.25, -0.2) is 4.79 Å². The Morgan fingerprint density at radius 2 is 2.05 bits per heavy atom. The van der Waals surface area contributed by atoms with Gasteiger partial charge < -0.3 is 9.84 Å². The molecular formula is C15H10ClNO3. The van der Waals surface area contributed by atoms with Gasteiger partial charge >= 0.3 is 5.97 Å². The van der Waals surface area contributed by atoms with Crippen LogP contribution in [0.15, 0.2) is 42.5 Å². The second-order valence-corrected chi connectivity index (χ2v) is 4.41. The van der Waals surface area contributed by atoms with Crippen molar-refractivity contribution in [3.63, 3.8) is 0 Å². The SMILES string of the molecule is N#Cc1ccc(OCc2ccccc2C(=O)O)cc1Cl. The molecule has 0 fully saturated rings. The highest BCUT2D eigenvalue weighted by Gasteiger charge is 2.09. The Hall–Kier alpha value is -2.51. The van der Waals surface area contributed by atoms with Crippen molar-refractivity contribution in [3.05, 3.63) is 64.2 Å². The number of aromatic carboxylic acids is 1. The zero-order valence-electron chi connectivity index (χ0n) is 10.3. The van der Waals surface area contributed by atoms with Crippen molar-refractivity contribution in [2.45, 2.75) is 6.61 Å². The number of hydrogen-bond donors (Lipinski definition) is 1. The predicted octanol–water partition coefficient (Wildman–Crippen LogP) is 3.49. The van der Waals surface area contributed by atoms with Gasteiger partial charge in [-0.1, -0.05) is 29.8 Å². The lowest BCUT2D eigenvalue weighted by atomic mass is 10.1. The van der Waals surface area contributed by atoms with Gasteiger partial charge in [0.15, 0.2) is 0 Å². The highest BCUT2D eigenvalue weighted by atomic mass is 35.5. The first-order chi connectivity index (χ1) is 9.61. The summed E-state index contributed by atoms with van der Waals surface area (Å²) in [4.78, 5) is 11.1. The summed E-state index contributed by atoms with van der Waals surface area (Å²) in [5.74, 6) is -0.517. The van der Waals surface area contributed by atoms with Crippen LogP contribution in [-0.2, 0) is 6.61 Å². The minimum atomic E-state index is -0.998. The number of carboxylic acids is 1. The van der Waals surface area contributed by atoms with E-state index < -0.39 is 5.97 Å². The summed E-state index contributed by atoms with van der Waals surface area (Å²) in [5, 5.41) is 18.1. The van der Waals surface area contributed by atoms with Crippen molar-refractivity contribution in [3.8, 4) is 11.8 Å². The smallest absolute Gasteiger partial charge is 0.336 e. The lowest BCUT2D eigenvalue weighted by Gasteiger charge is -2.09. The molecule has 0 radical (unpaired) electrons. The van der Waals surface area contributed by atoms with E-state index in [1.165, 1.54) is 12.1 Å². The molecule has 5 heteroatoms. The van der Waals surface area contributed by atoms with Crippen molar-refractivity contribution >= 4 is 17.6 Å². The lowest BCUT2D eigenvalue weighted by molar-refractivity contribution is 0.0694. The maximum atomic E-state index is 11.1. The van der Waals surface area contributed by atoms with E-state index in [1.807, 2.05) is 6.07 Å². The van der Waals surface area contributed by atoms with Crippen LogP contribution in [0.1, 0.15) is 21.5 Å². The molecule has 1 N–H and O–H groups in total. The third-order valence-electron chi connectivity index (χ3n) is 2.70. The van der Waals surface area contributed by atoms with E-state index in [-0.39, 0.29) is 12.2 Å². The van der Waals surface area contributed by atoms with Crippen molar-refractivity contribution in [1.82, 2.24) is 0 Å². The van der Waals surface area contributed by atoms with E-state index in [1.54, 1.807) is 30.3 Å². The first kappa shape index (κ1) is 13.9. The average molecular weight is 288 g/mol. The average Bonchev–Trinajstić information content (AvgIpc) is 2.45. The Bertz CT molecular complexity index is 692. The van der Waals surface area contributed by atoms with Crippen LogP contribution in [0.25, 0.3) is 0 Å². The van der Waals surface area contributed by atoms with E-state index in [0.717, 1.165) is 0 Å². The van der Waals surface area contributed by atoms with Gasteiger partial charge in [0.1, 0.15) is 18.4 Å². The minimum absolute atomic E-state index is 0.116. The summed E-state index contributed by atoms with van der Waals surface area (Å²) in [5.41, 5.74) is 1.14. The van der Waals surface area contributed by atoms with E-state index in [9.17, 15) is 4.79 Å².